The van der Waals surface area contributed by atoms with E-state index in [9.17, 15) is 22.8 Å². The molecular weight excluding hydrogens is 420 g/mol. The number of piperazine rings is 1. The molecule has 11 heteroatoms. The summed E-state index contributed by atoms with van der Waals surface area (Å²) in [7, 11) is -2.21. The molecular formula is C18H25ClN4O5S. The van der Waals surface area contributed by atoms with Crippen LogP contribution in [0.25, 0.3) is 0 Å². The summed E-state index contributed by atoms with van der Waals surface area (Å²) >= 11 is 6.06. The van der Waals surface area contributed by atoms with E-state index in [1.165, 1.54) is 18.9 Å². The highest BCUT2D eigenvalue weighted by Gasteiger charge is 2.47. The zero-order valence-electron chi connectivity index (χ0n) is 16.6. The van der Waals surface area contributed by atoms with E-state index in [-0.39, 0.29) is 19.6 Å². The Morgan fingerprint density at radius 2 is 1.90 bits per heavy atom. The van der Waals surface area contributed by atoms with Crippen LogP contribution in [0.4, 0.5) is 0 Å². The van der Waals surface area contributed by atoms with Crippen LogP contribution < -0.4 is 10.6 Å². The molecule has 2 rings (SSSR count). The van der Waals surface area contributed by atoms with Crippen LogP contribution in [-0.4, -0.2) is 80.4 Å². The van der Waals surface area contributed by atoms with Crippen LogP contribution in [-0.2, 0) is 30.8 Å². The van der Waals surface area contributed by atoms with Gasteiger partial charge in [-0.3, -0.25) is 14.4 Å². The molecule has 1 atom stereocenters. The molecule has 1 unspecified atom stereocenters. The summed E-state index contributed by atoms with van der Waals surface area (Å²) in [6.45, 7) is 1.01. The number of nitrogens with zero attached hydrogens (tertiary/aromatic N) is 2. The summed E-state index contributed by atoms with van der Waals surface area (Å²) in [5, 5.41) is 5.78. The van der Waals surface area contributed by atoms with Gasteiger partial charge in [0.25, 0.3) is 0 Å². The van der Waals surface area contributed by atoms with Crippen molar-refractivity contribution in [1.82, 2.24) is 19.8 Å². The van der Waals surface area contributed by atoms with E-state index in [1.807, 2.05) is 18.2 Å². The first-order chi connectivity index (χ1) is 13.4. The maximum atomic E-state index is 12.7. The Kier molecular flexibility index (Phi) is 7.25. The Hall–Kier alpha value is -2.17. The highest BCUT2D eigenvalue weighted by molar-refractivity contribution is 7.88. The first kappa shape index (κ1) is 23.1. The van der Waals surface area contributed by atoms with Gasteiger partial charge in [-0.25, -0.2) is 8.42 Å². The van der Waals surface area contributed by atoms with Gasteiger partial charge >= 0.3 is 0 Å². The molecule has 1 aliphatic heterocycles. The predicted molar refractivity (Wildman–Crippen MR) is 109 cm³/mol. The smallest absolute Gasteiger partial charge is 0.247 e. The molecule has 29 heavy (non-hydrogen) atoms. The first-order valence-corrected chi connectivity index (χ1v) is 11.2. The second kappa shape index (κ2) is 9.10. The summed E-state index contributed by atoms with van der Waals surface area (Å²) in [4.78, 5) is 38.1. The lowest BCUT2D eigenvalue weighted by molar-refractivity contribution is -0.150. The molecule has 1 fully saturated rings. The van der Waals surface area contributed by atoms with E-state index in [0.717, 1.165) is 16.1 Å². The number of carbonyl (C=O) groups is 3. The summed E-state index contributed by atoms with van der Waals surface area (Å²) in [5.41, 5.74) is -0.523. The third-order valence-corrected chi connectivity index (χ3v) is 6.52. The van der Waals surface area contributed by atoms with Gasteiger partial charge in [0, 0.05) is 25.2 Å². The molecule has 0 aliphatic carbocycles. The van der Waals surface area contributed by atoms with Crippen LogP contribution in [0.2, 0.25) is 5.02 Å². The Bertz CT molecular complexity index is 907. The highest BCUT2D eigenvalue weighted by Crippen LogP contribution is 2.22. The van der Waals surface area contributed by atoms with E-state index in [2.05, 4.69) is 10.6 Å². The summed E-state index contributed by atoms with van der Waals surface area (Å²) in [6.07, 6.45) is 1.52. The Balaban J connectivity index is 1.90. The van der Waals surface area contributed by atoms with Crippen molar-refractivity contribution in [1.29, 1.82) is 0 Å². The van der Waals surface area contributed by atoms with Gasteiger partial charge in [0.2, 0.25) is 27.7 Å². The number of benzene rings is 1. The van der Waals surface area contributed by atoms with Crippen molar-refractivity contribution in [2.45, 2.75) is 18.9 Å². The molecule has 0 bridgehead atoms. The zero-order chi connectivity index (χ0) is 21.8. The summed E-state index contributed by atoms with van der Waals surface area (Å²) in [5.74, 6) is -1.51. The first-order valence-electron chi connectivity index (χ1n) is 8.95. The van der Waals surface area contributed by atoms with Crippen molar-refractivity contribution < 1.29 is 22.8 Å². The van der Waals surface area contributed by atoms with Crippen LogP contribution in [0.1, 0.15) is 12.5 Å². The van der Waals surface area contributed by atoms with Crippen LogP contribution in [0.5, 0.6) is 0 Å². The second-order valence-corrected chi connectivity index (χ2v) is 9.52. The van der Waals surface area contributed by atoms with Crippen molar-refractivity contribution in [3.8, 4) is 0 Å². The molecule has 0 aromatic heterocycles. The van der Waals surface area contributed by atoms with Crippen molar-refractivity contribution in [2.24, 2.45) is 0 Å². The van der Waals surface area contributed by atoms with Crippen molar-refractivity contribution in [3.63, 3.8) is 0 Å². The standard InChI is InChI=1S/C18H25ClN4O5S/c1-18(12-23(29(3,27)28)11-16(25)22(18)2)17(26)21-10-15(24)20-9-8-13-6-4-5-7-14(13)19/h4-7H,8-12H2,1-3H3,(H,20,24)(H,21,26). The van der Waals surface area contributed by atoms with Crippen LogP contribution >= 0.6 is 11.6 Å². The quantitative estimate of drug-likeness (QED) is 0.594. The Morgan fingerprint density at radius 1 is 1.24 bits per heavy atom. The number of carbonyl (C=O) groups excluding carboxylic acids is 3. The normalized spacial score (nSPS) is 20.4. The molecule has 1 aromatic rings. The van der Waals surface area contributed by atoms with Gasteiger partial charge < -0.3 is 15.5 Å². The molecule has 0 saturated carbocycles. The van der Waals surface area contributed by atoms with Gasteiger partial charge in [-0.05, 0) is 25.0 Å². The third-order valence-electron chi connectivity index (χ3n) is 4.95. The van der Waals surface area contributed by atoms with Gasteiger partial charge in [0.1, 0.15) is 5.54 Å². The number of amides is 3. The van der Waals surface area contributed by atoms with Crippen LogP contribution in [0.15, 0.2) is 24.3 Å². The highest BCUT2D eigenvalue weighted by atomic mass is 35.5. The van der Waals surface area contributed by atoms with E-state index in [0.29, 0.717) is 18.0 Å². The number of halogens is 1. The maximum absolute atomic E-state index is 12.7. The van der Waals surface area contributed by atoms with E-state index >= 15 is 0 Å². The molecule has 1 heterocycles. The molecule has 160 valence electrons. The lowest BCUT2D eigenvalue weighted by atomic mass is 9.96. The zero-order valence-corrected chi connectivity index (χ0v) is 18.1. The van der Waals surface area contributed by atoms with Gasteiger partial charge in [-0.15, -0.1) is 0 Å². The molecule has 1 aromatic carbocycles. The molecule has 3 amide bonds. The van der Waals surface area contributed by atoms with Gasteiger partial charge in [0.05, 0.1) is 19.3 Å². The number of sulfonamides is 1. The van der Waals surface area contributed by atoms with Crippen molar-refractivity contribution in [2.75, 3.05) is 39.5 Å². The van der Waals surface area contributed by atoms with Crippen LogP contribution in [0.3, 0.4) is 0 Å². The van der Waals surface area contributed by atoms with Gasteiger partial charge in [-0.1, -0.05) is 29.8 Å². The number of likely N-dealkylation sites (N-methyl/N-ethyl adjacent to an activating group) is 1. The topological polar surface area (TPSA) is 116 Å². The monoisotopic (exact) mass is 444 g/mol. The van der Waals surface area contributed by atoms with E-state index in [1.54, 1.807) is 6.07 Å². The lowest BCUT2D eigenvalue weighted by Gasteiger charge is -2.44. The minimum atomic E-state index is -3.64. The summed E-state index contributed by atoms with van der Waals surface area (Å²) in [6, 6.07) is 7.30. The number of nitrogens with one attached hydrogen (secondary N) is 2. The summed E-state index contributed by atoms with van der Waals surface area (Å²) < 4.78 is 24.6. The van der Waals surface area contributed by atoms with Crippen molar-refractivity contribution >= 4 is 39.3 Å². The Morgan fingerprint density at radius 3 is 2.52 bits per heavy atom. The lowest BCUT2D eigenvalue weighted by Crippen LogP contribution is -2.68. The molecule has 0 radical (unpaired) electrons. The largest absolute Gasteiger partial charge is 0.354 e. The molecule has 9 nitrogen and oxygen atoms in total. The number of rotatable bonds is 7. The molecule has 1 saturated heterocycles. The molecule has 0 spiro atoms. The fraction of sp³-hybridized carbons (Fsp3) is 0.500. The third kappa shape index (κ3) is 5.68. The fourth-order valence-corrected chi connectivity index (χ4v) is 4.01. The second-order valence-electron chi connectivity index (χ2n) is 7.13. The average molecular weight is 445 g/mol. The SMILES string of the molecule is CN1C(=O)CN(S(C)(=O)=O)CC1(C)C(=O)NCC(=O)NCCc1ccccc1Cl. The fourth-order valence-electron chi connectivity index (χ4n) is 2.95. The van der Waals surface area contributed by atoms with Crippen LogP contribution in [0, 0.1) is 0 Å². The van der Waals surface area contributed by atoms with E-state index in [4.69, 9.17) is 11.6 Å². The van der Waals surface area contributed by atoms with E-state index < -0.39 is 33.3 Å². The maximum Gasteiger partial charge on any atom is 0.247 e. The Labute approximate surface area is 175 Å². The minimum Gasteiger partial charge on any atom is -0.354 e. The molecule has 2 N–H and O–H groups in total. The number of hydrogen-bond acceptors (Lipinski definition) is 5. The molecule has 1 aliphatic rings. The minimum absolute atomic E-state index is 0.186. The van der Waals surface area contributed by atoms with Gasteiger partial charge in [-0.2, -0.15) is 4.31 Å². The predicted octanol–water partition coefficient (Wildman–Crippen LogP) is -0.393. The average Bonchev–Trinajstić information content (AvgIpc) is 2.64. The van der Waals surface area contributed by atoms with Gasteiger partial charge in [0.15, 0.2) is 0 Å². The number of hydrogen-bond donors (Lipinski definition) is 2. The van der Waals surface area contributed by atoms with Crippen molar-refractivity contribution in [3.05, 3.63) is 34.9 Å².